The van der Waals surface area contributed by atoms with Crippen LogP contribution in [0.4, 0.5) is 0 Å². The van der Waals surface area contributed by atoms with Gasteiger partial charge in [0.05, 0.1) is 0 Å². The van der Waals surface area contributed by atoms with E-state index in [2.05, 4.69) is 0 Å². The minimum Gasteiger partial charge on any atom is -0.486 e. The van der Waals surface area contributed by atoms with Gasteiger partial charge in [-0.1, -0.05) is 30.3 Å². The van der Waals surface area contributed by atoms with Crippen LogP contribution in [-0.4, -0.2) is 19.0 Å². The summed E-state index contributed by atoms with van der Waals surface area (Å²) in [5.41, 5.74) is 3.81. The number of benzene rings is 2. The lowest BCUT2D eigenvalue weighted by Gasteiger charge is -2.19. The molecule has 1 aliphatic carbocycles. The zero-order chi connectivity index (χ0) is 14.9. The Balaban J connectivity index is 1.68. The number of aryl methyl sites for hydroxylation is 1. The fraction of sp³-hybridized carbons (Fsp3) is 0.211. The predicted octanol–water partition coefficient (Wildman–Crippen LogP) is 3.67. The number of hydrogen-bond donors (Lipinski definition) is 0. The van der Waals surface area contributed by atoms with Crippen LogP contribution in [0.15, 0.2) is 48.0 Å². The van der Waals surface area contributed by atoms with Gasteiger partial charge >= 0.3 is 0 Å². The van der Waals surface area contributed by atoms with E-state index in [1.165, 1.54) is 0 Å². The lowest BCUT2D eigenvalue weighted by molar-refractivity contribution is 0.102. The molecule has 0 fully saturated rings. The van der Waals surface area contributed by atoms with Crippen molar-refractivity contribution in [1.29, 1.82) is 0 Å². The Morgan fingerprint density at radius 1 is 0.909 bits per heavy atom. The Hall–Kier alpha value is -2.55. The maximum atomic E-state index is 12.6. The molecule has 1 heterocycles. The molecular weight excluding hydrogens is 276 g/mol. The average molecular weight is 292 g/mol. The third kappa shape index (κ3) is 2.29. The van der Waals surface area contributed by atoms with E-state index in [1.54, 1.807) is 0 Å². The Bertz CT molecular complexity index is 774. The number of carbonyl (C=O) groups is 1. The highest BCUT2D eigenvalue weighted by Gasteiger charge is 2.21. The number of rotatable bonds is 1. The summed E-state index contributed by atoms with van der Waals surface area (Å²) in [7, 11) is 0. The molecule has 0 saturated heterocycles. The topological polar surface area (TPSA) is 35.5 Å². The highest BCUT2D eigenvalue weighted by atomic mass is 16.6. The molecule has 2 aromatic rings. The van der Waals surface area contributed by atoms with E-state index in [9.17, 15) is 4.79 Å². The maximum Gasteiger partial charge on any atom is 0.189 e. The van der Waals surface area contributed by atoms with Crippen LogP contribution in [0.5, 0.6) is 11.5 Å². The quantitative estimate of drug-likeness (QED) is 0.752. The van der Waals surface area contributed by atoms with Gasteiger partial charge < -0.3 is 9.47 Å². The third-order valence-electron chi connectivity index (χ3n) is 4.12. The van der Waals surface area contributed by atoms with E-state index in [0.29, 0.717) is 13.2 Å². The number of ether oxygens (including phenoxy) is 2. The Kier molecular flexibility index (Phi) is 3.19. The first-order valence-electron chi connectivity index (χ1n) is 7.54. The minimum absolute atomic E-state index is 0.136. The zero-order valence-electron chi connectivity index (χ0n) is 12.2. The highest BCUT2D eigenvalue weighted by molar-refractivity contribution is 6.13. The van der Waals surface area contributed by atoms with Crippen molar-refractivity contribution in [3.05, 3.63) is 64.7 Å². The van der Waals surface area contributed by atoms with Crippen LogP contribution >= 0.6 is 0 Å². The number of allylic oxidation sites excluding steroid dienone is 1. The lowest BCUT2D eigenvalue weighted by Crippen LogP contribution is -2.15. The smallest absolute Gasteiger partial charge is 0.189 e. The van der Waals surface area contributed by atoms with Crippen molar-refractivity contribution in [3.63, 3.8) is 0 Å². The molecule has 0 aromatic heterocycles. The van der Waals surface area contributed by atoms with Crippen LogP contribution in [0.25, 0.3) is 6.08 Å². The number of carbonyl (C=O) groups excluding carboxylic acids is 1. The largest absolute Gasteiger partial charge is 0.486 e. The molecule has 2 aromatic carbocycles. The second-order valence-corrected chi connectivity index (χ2v) is 5.56. The summed E-state index contributed by atoms with van der Waals surface area (Å²) in [4.78, 5) is 12.6. The van der Waals surface area contributed by atoms with Crippen molar-refractivity contribution in [2.45, 2.75) is 12.8 Å². The first kappa shape index (κ1) is 13.1. The lowest BCUT2D eigenvalue weighted by atomic mass is 9.86. The van der Waals surface area contributed by atoms with E-state index in [0.717, 1.165) is 46.6 Å². The van der Waals surface area contributed by atoms with Crippen LogP contribution in [-0.2, 0) is 6.42 Å². The minimum atomic E-state index is 0.136. The molecule has 0 radical (unpaired) electrons. The highest BCUT2D eigenvalue weighted by Crippen LogP contribution is 2.32. The van der Waals surface area contributed by atoms with Crippen molar-refractivity contribution in [3.8, 4) is 11.5 Å². The SMILES string of the molecule is O=C1/C(=C\c2ccc3c(c2)OCCO3)CCc2ccccc21. The summed E-state index contributed by atoms with van der Waals surface area (Å²) < 4.78 is 11.1. The molecular formula is C19H16O3. The fourth-order valence-corrected chi connectivity index (χ4v) is 3.00. The van der Waals surface area contributed by atoms with Gasteiger partial charge in [0.2, 0.25) is 0 Å². The molecule has 4 rings (SSSR count). The van der Waals surface area contributed by atoms with E-state index in [-0.39, 0.29) is 5.78 Å². The Labute approximate surface area is 129 Å². The van der Waals surface area contributed by atoms with E-state index in [4.69, 9.17) is 9.47 Å². The van der Waals surface area contributed by atoms with Gasteiger partial charge in [-0.05, 0) is 42.2 Å². The maximum absolute atomic E-state index is 12.6. The fourth-order valence-electron chi connectivity index (χ4n) is 3.00. The molecule has 110 valence electrons. The van der Waals surface area contributed by atoms with Gasteiger partial charge in [0.25, 0.3) is 0 Å². The summed E-state index contributed by atoms with van der Waals surface area (Å²) in [6.07, 6.45) is 3.67. The number of Topliss-reactive ketones (excluding diaryl/α,β-unsaturated/α-hetero) is 1. The summed E-state index contributed by atoms with van der Waals surface area (Å²) in [6, 6.07) is 13.7. The van der Waals surface area contributed by atoms with Crippen molar-refractivity contribution in [2.24, 2.45) is 0 Å². The zero-order valence-corrected chi connectivity index (χ0v) is 12.2. The van der Waals surface area contributed by atoms with Gasteiger partial charge in [-0.2, -0.15) is 0 Å². The van der Waals surface area contributed by atoms with Crippen LogP contribution in [0, 0.1) is 0 Å². The number of ketones is 1. The van der Waals surface area contributed by atoms with E-state index < -0.39 is 0 Å². The molecule has 3 heteroatoms. The first-order chi connectivity index (χ1) is 10.8. The molecule has 3 nitrogen and oxygen atoms in total. The van der Waals surface area contributed by atoms with Crippen molar-refractivity contribution >= 4 is 11.9 Å². The number of fused-ring (bicyclic) bond motifs is 2. The summed E-state index contributed by atoms with van der Waals surface area (Å²) in [5, 5.41) is 0. The molecule has 22 heavy (non-hydrogen) atoms. The molecule has 0 spiro atoms. The first-order valence-corrected chi connectivity index (χ1v) is 7.54. The van der Waals surface area contributed by atoms with Crippen molar-refractivity contribution in [1.82, 2.24) is 0 Å². The van der Waals surface area contributed by atoms with Gasteiger partial charge in [-0.3, -0.25) is 4.79 Å². The van der Waals surface area contributed by atoms with Crippen molar-refractivity contribution < 1.29 is 14.3 Å². The second kappa shape index (κ2) is 5.34. The third-order valence-corrected chi connectivity index (χ3v) is 4.12. The monoisotopic (exact) mass is 292 g/mol. The molecule has 2 aliphatic rings. The van der Waals surface area contributed by atoms with Gasteiger partial charge in [-0.25, -0.2) is 0 Å². The van der Waals surface area contributed by atoms with Gasteiger partial charge in [0.15, 0.2) is 17.3 Å². The Morgan fingerprint density at radius 2 is 1.73 bits per heavy atom. The summed E-state index contributed by atoms with van der Waals surface area (Å²) in [6.45, 7) is 1.15. The summed E-state index contributed by atoms with van der Waals surface area (Å²) >= 11 is 0. The predicted molar refractivity (Wildman–Crippen MR) is 84.5 cm³/mol. The molecule has 1 aliphatic heterocycles. The van der Waals surface area contributed by atoms with Crippen LogP contribution in [0.1, 0.15) is 27.9 Å². The molecule has 0 saturated carbocycles. The van der Waals surface area contributed by atoms with Crippen LogP contribution in [0.2, 0.25) is 0 Å². The van der Waals surface area contributed by atoms with Gasteiger partial charge in [0.1, 0.15) is 13.2 Å². The van der Waals surface area contributed by atoms with E-state index >= 15 is 0 Å². The van der Waals surface area contributed by atoms with E-state index in [1.807, 2.05) is 48.5 Å². The normalized spacial score (nSPS) is 18.2. The van der Waals surface area contributed by atoms with Crippen LogP contribution in [0.3, 0.4) is 0 Å². The number of hydrogen-bond acceptors (Lipinski definition) is 3. The average Bonchev–Trinajstić information content (AvgIpc) is 2.57. The van der Waals surface area contributed by atoms with Gasteiger partial charge in [0, 0.05) is 11.1 Å². The molecule has 0 amide bonds. The van der Waals surface area contributed by atoms with Crippen LogP contribution < -0.4 is 9.47 Å². The Morgan fingerprint density at radius 3 is 2.64 bits per heavy atom. The van der Waals surface area contributed by atoms with Gasteiger partial charge in [-0.15, -0.1) is 0 Å². The molecule has 0 atom stereocenters. The molecule has 0 N–H and O–H groups in total. The van der Waals surface area contributed by atoms with Crippen molar-refractivity contribution in [2.75, 3.05) is 13.2 Å². The second-order valence-electron chi connectivity index (χ2n) is 5.56. The standard InChI is InChI=1S/C19H16O3/c20-19-15(7-6-14-3-1-2-4-16(14)19)11-13-5-8-17-18(12-13)22-10-9-21-17/h1-5,8,11-12H,6-7,9-10H2/b15-11-. The summed E-state index contributed by atoms with van der Waals surface area (Å²) in [5.74, 6) is 1.66. The molecule has 0 bridgehead atoms. The molecule has 0 unspecified atom stereocenters.